The van der Waals surface area contributed by atoms with Gasteiger partial charge in [0.1, 0.15) is 11.9 Å². The number of carbonyl (C=O) groups is 1. The molecule has 162 valence electrons. The van der Waals surface area contributed by atoms with Crippen molar-refractivity contribution in [3.8, 4) is 5.75 Å². The van der Waals surface area contributed by atoms with Gasteiger partial charge in [-0.2, -0.15) is 4.31 Å². The number of aromatic nitrogens is 2. The van der Waals surface area contributed by atoms with Crippen molar-refractivity contribution in [2.75, 3.05) is 32.1 Å². The molecule has 0 unspecified atom stereocenters. The summed E-state index contributed by atoms with van der Waals surface area (Å²) < 4.78 is 43.1. The van der Waals surface area contributed by atoms with Crippen molar-refractivity contribution in [1.29, 1.82) is 0 Å². The molecule has 2 fully saturated rings. The van der Waals surface area contributed by atoms with Crippen molar-refractivity contribution in [3.63, 3.8) is 0 Å². The average Bonchev–Trinajstić information content (AvgIpc) is 3.46. The molecule has 1 aromatic heterocycles. The van der Waals surface area contributed by atoms with Gasteiger partial charge in [-0.3, -0.25) is 10.1 Å². The Balaban J connectivity index is 1.32. The van der Waals surface area contributed by atoms with E-state index < -0.39 is 10.0 Å². The van der Waals surface area contributed by atoms with Gasteiger partial charge in [0.15, 0.2) is 0 Å². The third kappa shape index (κ3) is 4.32. The van der Waals surface area contributed by atoms with E-state index in [1.54, 1.807) is 12.1 Å². The number of amides is 1. The molecule has 30 heavy (non-hydrogen) atoms. The van der Waals surface area contributed by atoms with Crippen LogP contribution >= 0.6 is 0 Å². The lowest BCUT2D eigenvalue weighted by atomic mass is 9.97. The summed E-state index contributed by atoms with van der Waals surface area (Å²) in [6.07, 6.45) is 2.36. The lowest BCUT2D eigenvalue weighted by Gasteiger charge is -2.30. The Labute approximate surface area is 174 Å². The maximum absolute atomic E-state index is 12.8. The predicted octanol–water partition coefficient (Wildman–Crippen LogP) is 1.97. The van der Waals surface area contributed by atoms with E-state index in [0.29, 0.717) is 31.1 Å². The lowest BCUT2D eigenvalue weighted by Crippen LogP contribution is -2.41. The van der Waals surface area contributed by atoms with Crippen LogP contribution in [-0.2, 0) is 19.6 Å². The Morgan fingerprint density at radius 1 is 1.17 bits per heavy atom. The maximum atomic E-state index is 12.8. The number of benzene rings is 1. The van der Waals surface area contributed by atoms with Crippen molar-refractivity contribution < 1.29 is 27.1 Å². The van der Waals surface area contributed by atoms with E-state index in [1.165, 1.54) is 23.5 Å². The van der Waals surface area contributed by atoms with Crippen LogP contribution in [0.1, 0.15) is 37.7 Å². The molecule has 10 nitrogen and oxygen atoms in total. The summed E-state index contributed by atoms with van der Waals surface area (Å²) in [7, 11) is -2.09. The summed E-state index contributed by atoms with van der Waals surface area (Å²) in [4.78, 5) is 12.8. The Morgan fingerprint density at radius 3 is 2.53 bits per heavy atom. The highest BCUT2D eigenvalue weighted by atomic mass is 32.2. The highest BCUT2D eigenvalue weighted by Crippen LogP contribution is 2.29. The van der Waals surface area contributed by atoms with Crippen molar-refractivity contribution in [2.24, 2.45) is 5.92 Å². The molecule has 2 saturated heterocycles. The van der Waals surface area contributed by atoms with Gasteiger partial charge < -0.3 is 13.9 Å². The summed E-state index contributed by atoms with van der Waals surface area (Å²) in [6, 6.07) is 6.31. The number of nitrogens with zero attached hydrogens (tertiary/aromatic N) is 3. The van der Waals surface area contributed by atoms with Crippen LogP contribution < -0.4 is 10.1 Å². The van der Waals surface area contributed by atoms with Gasteiger partial charge in [-0.1, -0.05) is 5.10 Å². The van der Waals surface area contributed by atoms with Gasteiger partial charge in [0.2, 0.25) is 21.8 Å². The van der Waals surface area contributed by atoms with E-state index in [0.717, 1.165) is 12.8 Å². The molecule has 11 heteroatoms. The third-order valence-corrected chi connectivity index (χ3v) is 7.31. The van der Waals surface area contributed by atoms with Crippen molar-refractivity contribution in [1.82, 2.24) is 14.5 Å². The van der Waals surface area contributed by atoms with Crippen molar-refractivity contribution in [3.05, 3.63) is 30.2 Å². The predicted molar refractivity (Wildman–Crippen MR) is 105 cm³/mol. The average molecular weight is 436 g/mol. The normalized spacial score (nSPS) is 20.9. The number of sulfonamides is 1. The molecule has 0 bridgehead atoms. The van der Waals surface area contributed by atoms with Gasteiger partial charge in [0.25, 0.3) is 0 Å². The number of carbonyl (C=O) groups excluding carboxylic acids is 1. The van der Waals surface area contributed by atoms with Gasteiger partial charge in [-0.25, -0.2) is 8.42 Å². The van der Waals surface area contributed by atoms with E-state index in [-0.39, 0.29) is 41.9 Å². The van der Waals surface area contributed by atoms with Crippen LogP contribution in [0, 0.1) is 5.92 Å². The zero-order chi connectivity index (χ0) is 21.1. The molecule has 0 radical (unpaired) electrons. The fourth-order valence-electron chi connectivity index (χ4n) is 3.65. The first-order chi connectivity index (χ1) is 14.5. The van der Waals surface area contributed by atoms with Gasteiger partial charge in [-0.15, -0.1) is 5.10 Å². The molecule has 2 aromatic rings. The number of hydrogen-bond donors (Lipinski definition) is 1. The molecule has 1 amide bonds. The second-order valence-corrected chi connectivity index (χ2v) is 9.23. The van der Waals surface area contributed by atoms with Crippen LogP contribution in [0.2, 0.25) is 0 Å². The number of nitrogens with one attached hydrogen (secondary N) is 1. The molecule has 1 aromatic carbocycles. The number of methoxy groups -OCH3 is 1. The second-order valence-electron chi connectivity index (χ2n) is 7.29. The number of hydrogen-bond acceptors (Lipinski definition) is 8. The summed E-state index contributed by atoms with van der Waals surface area (Å²) in [5.74, 6) is 0.376. The van der Waals surface area contributed by atoms with Gasteiger partial charge in [-0.05, 0) is 49.9 Å². The Morgan fingerprint density at radius 2 is 1.90 bits per heavy atom. The minimum atomic E-state index is -3.61. The molecule has 1 N–H and O–H groups in total. The van der Waals surface area contributed by atoms with E-state index in [4.69, 9.17) is 13.9 Å². The van der Waals surface area contributed by atoms with Crippen LogP contribution in [0.5, 0.6) is 5.75 Å². The first kappa shape index (κ1) is 20.8. The topological polar surface area (TPSA) is 124 Å². The van der Waals surface area contributed by atoms with Crippen LogP contribution in [0.4, 0.5) is 6.01 Å². The molecule has 2 aliphatic heterocycles. The van der Waals surface area contributed by atoms with E-state index in [9.17, 15) is 13.2 Å². The number of anilines is 1. The minimum Gasteiger partial charge on any atom is -0.497 e. The highest BCUT2D eigenvalue weighted by molar-refractivity contribution is 7.89. The fourth-order valence-corrected chi connectivity index (χ4v) is 5.12. The molecular weight excluding hydrogens is 412 g/mol. The van der Waals surface area contributed by atoms with Crippen LogP contribution in [-0.4, -0.2) is 55.6 Å². The summed E-state index contributed by atoms with van der Waals surface area (Å²) in [5, 5.41) is 10.4. The first-order valence-electron chi connectivity index (χ1n) is 9.87. The Bertz CT molecular complexity index is 977. The number of ether oxygens (including phenoxy) is 2. The third-order valence-electron chi connectivity index (χ3n) is 5.40. The van der Waals surface area contributed by atoms with Crippen molar-refractivity contribution >= 4 is 21.9 Å². The molecule has 4 rings (SSSR count). The van der Waals surface area contributed by atoms with Gasteiger partial charge in [0.05, 0.1) is 12.0 Å². The number of piperidine rings is 1. The summed E-state index contributed by atoms with van der Waals surface area (Å²) in [5.41, 5.74) is 0. The quantitative estimate of drug-likeness (QED) is 0.729. The zero-order valence-electron chi connectivity index (χ0n) is 16.6. The second kappa shape index (κ2) is 8.70. The lowest BCUT2D eigenvalue weighted by molar-refractivity contribution is -0.121. The molecule has 3 heterocycles. The minimum absolute atomic E-state index is 0.0405. The largest absolute Gasteiger partial charge is 0.497 e. The maximum Gasteiger partial charge on any atom is 0.322 e. The van der Waals surface area contributed by atoms with E-state index in [2.05, 4.69) is 15.5 Å². The molecule has 0 saturated carbocycles. The smallest absolute Gasteiger partial charge is 0.322 e. The monoisotopic (exact) mass is 436 g/mol. The van der Waals surface area contributed by atoms with Crippen molar-refractivity contribution in [2.45, 2.75) is 36.7 Å². The SMILES string of the molecule is COc1ccc(S(=O)(=O)N2CCC(C(=O)Nc3nnc([C@@H]4CCCO4)o3)CC2)cc1. The van der Waals surface area contributed by atoms with E-state index >= 15 is 0 Å². The van der Waals surface area contributed by atoms with E-state index in [1.807, 2.05) is 0 Å². The summed E-state index contributed by atoms with van der Waals surface area (Å²) in [6.45, 7) is 1.18. The summed E-state index contributed by atoms with van der Waals surface area (Å²) >= 11 is 0. The first-order valence-corrected chi connectivity index (χ1v) is 11.3. The zero-order valence-corrected chi connectivity index (χ0v) is 17.4. The highest BCUT2D eigenvalue weighted by Gasteiger charge is 2.33. The van der Waals surface area contributed by atoms with Gasteiger partial charge in [0, 0.05) is 25.6 Å². The molecular formula is C19H24N4O6S. The Hall–Kier alpha value is -2.50. The van der Waals surface area contributed by atoms with Crippen LogP contribution in [0.3, 0.4) is 0 Å². The molecule has 1 atom stereocenters. The fraction of sp³-hybridized carbons (Fsp3) is 0.526. The van der Waals surface area contributed by atoms with Crippen LogP contribution in [0.25, 0.3) is 0 Å². The van der Waals surface area contributed by atoms with Crippen LogP contribution in [0.15, 0.2) is 33.6 Å². The molecule has 0 aliphatic carbocycles. The molecule has 0 spiro atoms. The molecule has 2 aliphatic rings. The standard InChI is InChI=1S/C19H24N4O6S/c1-27-14-4-6-15(7-5-14)30(25,26)23-10-8-13(9-11-23)17(24)20-19-22-21-18(29-19)16-3-2-12-28-16/h4-7,13,16H,2-3,8-12H2,1H3,(H,20,22,24)/t16-/m0/s1. The van der Waals surface area contributed by atoms with Gasteiger partial charge >= 0.3 is 6.01 Å². The Kier molecular flexibility index (Phi) is 6.02. The number of rotatable bonds is 6.